The molecule has 0 aliphatic carbocycles. The Morgan fingerprint density at radius 3 is 2.03 bits per heavy atom. The molecule has 14 rings (SSSR count). The van der Waals surface area contributed by atoms with E-state index in [-0.39, 0.29) is 0 Å². The first kappa shape index (κ1) is 33.0. The fourth-order valence-electron chi connectivity index (χ4n) is 10.1. The van der Waals surface area contributed by atoms with Crippen LogP contribution in [0.2, 0.25) is 0 Å². The highest BCUT2D eigenvalue weighted by atomic mass is 32.1. The molecule has 4 nitrogen and oxygen atoms in total. The molecule has 0 amide bonds. The third-order valence-electron chi connectivity index (χ3n) is 12.7. The maximum absolute atomic E-state index is 6.57. The molecule has 0 fully saturated rings. The van der Waals surface area contributed by atoms with Gasteiger partial charge in [0.15, 0.2) is 11.4 Å². The van der Waals surface area contributed by atoms with E-state index >= 15 is 0 Å². The lowest BCUT2D eigenvalue weighted by molar-refractivity contribution is 0.667. The summed E-state index contributed by atoms with van der Waals surface area (Å²) in [7, 11) is 0. The number of hydrogen-bond acceptors (Lipinski definition) is 4. The minimum absolute atomic E-state index is 0.668. The zero-order chi connectivity index (χ0) is 39.8. The normalized spacial score (nSPS) is 12.3. The standard InChI is InChI=1S/C56H31N3OS/c1-2-15-37-34(12-1)31-46-51-49(37)40-18-4-3-16-38(40)41-20-11-23-45(50(41)51)59(46)36-28-26-32(27-29-36)33-13-9-14-35(30-33)56-57-52-43-19-5-7-24-47(43)60-54(52)53(58-56)44-22-10-21-42-39-17-6-8-25-48(39)61-55(42)44/h1-31H. The van der Waals surface area contributed by atoms with Crippen molar-refractivity contribution in [2.45, 2.75) is 0 Å². The third kappa shape index (κ3) is 4.64. The van der Waals surface area contributed by atoms with Gasteiger partial charge in [-0.3, -0.25) is 0 Å². The van der Waals surface area contributed by atoms with Crippen molar-refractivity contribution in [1.82, 2.24) is 14.5 Å². The zero-order valence-electron chi connectivity index (χ0n) is 32.6. The molecule has 0 saturated carbocycles. The summed E-state index contributed by atoms with van der Waals surface area (Å²) in [4.78, 5) is 10.6. The van der Waals surface area contributed by atoms with Gasteiger partial charge in [0.05, 0.1) is 11.0 Å². The molecule has 0 bridgehead atoms. The topological polar surface area (TPSA) is 43.9 Å². The first-order valence-electron chi connectivity index (χ1n) is 20.6. The first-order chi connectivity index (χ1) is 30.2. The molecule has 0 atom stereocenters. The van der Waals surface area contributed by atoms with Crippen LogP contribution in [-0.2, 0) is 0 Å². The number of aromatic nitrogens is 3. The van der Waals surface area contributed by atoms with E-state index < -0.39 is 0 Å². The summed E-state index contributed by atoms with van der Waals surface area (Å²) in [5.41, 5.74) is 10.9. The molecule has 5 heteroatoms. The van der Waals surface area contributed by atoms with Crippen LogP contribution in [0, 0.1) is 0 Å². The lowest BCUT2D eigenvalue weighted by atomic mass is 9.91. The average Bonchev–Trinajstić information content (AvgIpc) is 4.00. The van der Waals surface area contributed by atoms with Crippen LogP contribution in [0.3, 0.4) is 0 Å². The second kappa shape index (κ2) is 12.3. The molecule has 282 valence electrons. The maximum Gasteiger partial charge on any atom is 0.180 e. The molecule has 0 radical (unpaired) electrons. The number of furan rings is 1. The Kier molecular flexibility index (Phi) is 6.68. The van der Waals surface area contributed by atoms with E-state index in [9.17, 15) is 0 Å². The summed E-state index contributed by atoms with van der Waals surface area (Å²) in [5.74, 6) is 0.668. The quantitative estimate of drug-likeness (QED) is 0.167. The summed E-state index contributed by atoms with van der Waals surface area (Å²) < 4.78 is 11.5. The lowest BCUT2D eigenvalue weighted by Crippen LogP contribution is -1.95. The Morgan fingerprint density at radius 1 is 0.443 bits per heavy atom. The van der Waals surface area contributed by atoms with Crippen molar-refractivity contribution < 1.29 is 4.42 Å². The van der Waals surface area contributed by atoms with Gasteiger partial charge in [-0.2, -0.15) is 0 Å². The van der Waals surface area contributed by atoms with Gasteiger partial charge in [-0.25, -0.2) is 9.97 Å². The molecule has 0 N–H and O–H groups in total. The summed E-state index contributed by atoms with van der Waals surface area (Å²) in [6.45, 7) is 0. The van der Waals surface area contributed by atoms with Crippen molar-refractivity contribution in [2.75, 3.05) is 0 Å². The number of nitrogens with zero attached hydrogens (tertiary/aromatic N) is 3. The van der Waals surface area contributed by atoms with Gasteiger partial charge in [-0.15, -0.1) is 11.3 Å². The van der Waals surface area contributed by atoms with Gasteiger partial charge in [-0.1, -0.05) is 140 Å². The Morgan fingerprint density at radius 2 is 1.13 bits per heavy atom. The molecule has 0 saturated heterocycles. The second-order valence-corrected chi connectivity index (χ2v) is 17.1. The minimum atomic E-state index is 0.668. The predicted molar refractivity (Wildman–Crippen MR) is 257 cm³/mol. The van der Waals surface area contributed by atoms with E-state index in [0.29, 0.717) is 11.4 Å². The Labute approximate surface area is 352 Å². The highest BCUT2D eigenvalue weighted by Crippen LogP contribution is 2.47. The van der Waals surface area contributed by atoms with Crippen LogP contribution < -0.4 is 0 Å². The van der Waals surface area contributed by atoms with Crippen molar-refractivity contribution >= 4 is 108 Å². The molecule has 14 aromatic rings. The molecule has 0 aliphatic rings. The summed E-state index contributed by atoms with van der Waals surface area (Å²) >= 11 is 1.80. The molecule has 10 aromatic carbocycles. The number of hydrogen-bond donors (Lipinski definition) is 0. The van der Waals surface area contributed by atoms with Crippen LogP contribution >= 0.6 is 11.3 Å². The smallest absolute Gasteiger partial charge is 0.180 e. The number of thiophene rings is 1. The predicted octanol–water partition coefficient (Wildman–Crippen LogP) is 15.7. The van der Waals surface area contributed by atoms with E-state index in [4.69, 9.17) is 14.4 Å². The van der Waals surface area contributed by atoms with E-state index in [1.165, 1.54) is 74.3 Å². The van der Waals surface area contributed by atoms with E-state index in [1.54, 1.807) is 11.3 Å². The van der Waals surface area contributed by atoms with Gasteiger partial charge in [0, 0.05) is 58.5 Å². The molecule has 0 spiro atoms. The Bertz CT molecular complexity index is 4110. The molecule has 0 aliphatic heterocycles. The zero-order valence-corrected chi connectivity index (χ0v) is 33.4. The van der Waals surface area contributed by atoms with Crippen LogP contribution in [0.1, 0.15) is 0 Å². The van der Waals surface area contributed by atoms with Gasteiger partial charge in [-0.05, 0) is 86.6 Å². The largest absolute Gasteiger partial charge is 0.452 e. The van der Waals surface area contributed by atoms with Crippen molar-refractivity contribution in [1.29, 1.82) is 0 Å². The van der Waals surface area contributed by atoms with Gasteiger partial charge in [0.2, 0.25) is 0 Å². The van der Waals surface area contributed by atoms with Crippen LogP contribution in [0.4, 0.5) is 0 Å². The Hall–Kier alpha value is -7.86. The van der Waals surface area contributed by atoms with Crippen molar-refractivity contribution in [3.8, 4) is 39.5 Å². The number of para-hydroxylation sites is 1. The van der Waals surface area contributed by atoms with Crippen LogP contribution in [-0.4, -0.2) is 14.5 Å². The highest BCUT2D eigenvalue weighted by Gasteiger charge is 2.23. The molecule has 61 heavy (non-hydrogen) atoms. The van der Waals surface area contributed by atoms with Gasteiger partial charge in [0.25, 0.3) is 0 Å². The fourth-order valence-corrected chi connectivity index (χ4v) is 11.3. The summed E-state index contributed by atoms with van der Waals surface area (Å²) in [6, 6.07) is 67.7. The number of fused-ring (bicyclic) bond motifs is 11. The molecule has 0 unspecified atom stereocenters. The van der Waals surface area contributed by atoms with Crippen LogP contribution in [0.5, 0.6) is 0 Å². The van der Waals surface area contributed by atoms with Crippen LogP contribution in [0.15, 0.2) is 192 Å². The Balaban J connectivity index is 0.929. The van der Waals surface area contributed by atoms with Crippen molar-refractivity contribution in [2.24, 2.45) is 0 Å². The molecular formula is C56H31N3OS. The molecule has 4 aromatic heterocycles. The van der Waals surface area contributed by atoms with E-state index in [0.717, 1.165) is 50.1 Å². The van der Waals surface area contributed by atoms with Gasteiger partial charge in [0.1, 0.15) is 16.8 Å². The van der Waals surface area contributed by atoms with E-state index in [1.807, 2.05) is 18.2 Å². The van der Waals surface area contributed by atoms with Gasteiger partial charge < -0.3 is 8.98 Å². The number of rotatable bonds is 4. The monoisotopic (exact) mass is 793 g/mol. The van der Waals surface area contributed by atoms with Crippen LogP contribution in [0.25, 0.3) is 136 Å². The third-order valence-corrected chi connectivity index (χ3v) is 14.0. The fraction of sp³-hybridized carbons (Fsp3) is 0. The SMILES string of the molecule is c1cc(-c2ccc(-n3c4cccc5c6ccccc6c6c7ccccc7cc3c6c54)cc2)cc(-c2nc(-c3cccc4c3sc3ccccc34)c3oc4ccccc4c3n2)c1. The lowest BCUT2D eigenvalue weighted by Gasteiger charge is -2.12. The second-order valence-electron chi connectivity index (χ2n) is 16.0. The van der Waals surface area contributed by atoms with Gasteiger partial charge >= 0.3 is 0 Å². The maximum atomic E-state index is 6.57. The average molecular weight is 794 g/mol. The molecule has 4 heterocycles. The highest BCUT2D eigenvalue weighted by molar-refractivity contribution is 7.26. The summed E-state index contributed by atoms with van der Waals surface area (Å²) in [6.07, 6.45) is 0. The first-order valence-corrected chi connectivity index (χ1v) is 21.5. The summed E-state index contributed by atoms with van der Waals surface area (Å²) in [5, 5.41) is 13.8. The minimum Gasteiger partial charge on any atom is -0.452 e. The van der Waals surface area contributed by atoms with Crippen molar-refractivity contribution in [3.05, 3.63) is 188 Å². The molecular weight excluding hydrogens is 763 g/mol. The van der Waals surface area contributed by atoms with Crippen molar-refractivity contribution in [3.63, 3.8) is 0 Å². The van der Waals surface area contributed by atoms with E-state index in [2.05, 4.69) is 174 Å². The number of benzene rings is 10.